The van der Waals surface area contributed by atoms with Gasteiger partial charge >= 0.3 is 10.2 Å². The van der Waals surface area contributed by atoms with Crippen molar-refractivity contribution in [3.05, 3.63) is 59.9 Å². The van der Waals surface area contributed by atoms with Crippen molar-refractivity contribution in [1.29, 1.82) is 0 Å². The van der Waals surface area contributed by atoms with Crippen molar-refractivity contribution in [2.75, 3.05) is 38.6 Å². The quantitative estimate of drug-likeness (QED) is 0.475. The van der Waals surface area contributed by atoms with Gasteiger partial charge in [-0.3, -0.25) is 9.59 Å². The van der Waals surface area contributed by atoms with E-state index in [1.54, 1.807) is 38.1 Å². The monoisotopic (exact) mass is 508 g/mol. The number of methoxy groups -OCH3 is 1. The zero-order valence-electron chi connectivity index (χ0n) is 20.7. The van der Waals surface area contributed by atoms with Crippen LogP contribution in [0.3, 0.4) is 0 Å². The smallest absolute Gasteiger partial charge is 0.304 e. The molecule has 2 rings (SSSR count). The lowest BCUT2D eigenvalue weighted by Crippen LogP contribution is -2.53. The van der Waals surface area contributed by atoms with E-state index in [1.807, 2.05) is 0 Å². The molecular weight excluding hydrogens is 475 g/mol. The summed E-state index contributed by atoms with van der Waals surface area (Å²) in [6.45, 7) is 3.26. The van der Waals surface area contributed by atoms with Crippen LogP contribution < -0.4 is 14.4 Å². The number of hydrogen-bond donors (Lipinski definition) is 1. The molecule has 9 nitrogen and oxygen atoms in total. The summed E-state index contributed by atoms with van der Waals surface area (Å²) < 4.78 is 47.6. The van der Waals surface area contributed by atoms with E-state index in [9.17, 15) is 22.4 Å². The molecule has 2 aromatic rings. The normalized spacial score (nSPS) is 12.2. The Morgan fingerprint density at radius 2 is 1.69 bits per heavy atom. The minimum atomic E-state index is -4.23. The van der Waals surface area contributed by atoms with E-state index in [-0.39, 0.29) is 18.1 Å². The van der Waals surface area contributed by atoms with Gasteiger partial charge in [-0.15, -0.1) is 0 Å². The molecule has 0 aliphatic carbocycles. The number of carbonyl (C=O) groups excluding carboxylic acids is 2. The summed E-state index contributed by atoms with van der Waals surface area (Å²) >= 11 is 0. The highest BCUT2D eigenvalue weighted by Crippen LogP contribution is 2.24. The second-order valence-electron chi connectivity index (χ2n) is 7.94. The standard InChI is InChI=1S/C24H33FN4O5S/c1-6-21(24(31)26-7-2)28(16-18-12-14-19(34-5)15-13-18)23(30)17-29(35(32,33)27(3)4)22-11-9-8-10-20(22)25/h8-15,21H,6-7,16-17H2,1-5H3,(H,26,31). The van der Waals surface area contributed by atoms with Gasteiger partial charge < -0.3 is 15.0 Å². The number of halogens is 1. The van der Waals surface area contributed by atoms with Crippen LogP contribution in [0.2, 0.25) is 0 Å². The van der Waals surface area contributed by atoms with Gasteiger partial charge in [0, 0.05) is 27.2 Å². The van der Waals surface area contributed by atoms with Crippen molar-refractivity contribution in [2.45, 2.75) is 32.9 Å². The van der Waals surface area contributed by atoms with Crippen LogP contribution in [0.5, 0.6) is 5.75 Å². The minimum absolute atomic E-state index is 0.0472. The van der Waals surface area contributed by atoms with Gasteiger partial charge in [0.1, 0.15) is 24.2 Å². The van der Waals surface area contributed by atoms with Crippen LogP contribution in [0.15, 0.2) is 48.5 Å². The van der Waals surface area contributed by atoms with Gasteiger partial charge in [0.05, 0.1) is 12.8 Å². The van der Waals surface area contributed by atoms with Crippen LogP contribution in [0.1, 0.15) is 25.8 Å². The average Bonchev–Trinajstić information content (AvgIpc) is 2.83. The van der Waals surface area contributed by atoms with Gasteiger partial charge in [0.2, 0.25) is 11.8 Å². The van der Waals surface area contributed by atoms with Gasteiger partial charge in [0.25, 0.3) is 0 Å². The summed E-state index contributed by atoms with van der Waals surface area (Å²) in [4.78, 5) is 27.7. The Kier molecular flexibility index (Phi) is 10.0. The Morgan fingerprint density at radius 1 is 1.06 bits per heavy atom. The zero-order valence-corrected chi connectivity index (χ0v) is 21.5. The van der Waals surface area contributed by atoms with E-state index >= 15 is 0 Å². The summed E-state index contributed by atoms with van der Waals surface area (Å²) in [5, 5.41) is 2.73. The molecule has 1 unspecified atom stereocenters. The molecule has 0 saturated heterocycles. The molecule has 192 valence electrons. The highest BCUT2D eigenvalue weighted by atomic mass is 32.2. The van der Waals surface area contributed by atoms with E-state index in [0.29, 0.717) is 18.7 Å². The molecule has 2 amide bonds. The second-order valence-corrected chi connectivity index (χ2v) is 10.0. The van der Waals surface area contributed by atoms with Crippen LogP contribution >= 0.6 is 0 Å². The first kappa shape index (κ1) is 28.1. The fourth-order valence-corrected chi connectivity index (χ4v) is 4.56. The maximum Gasteiger partial charge on any atom is 0.304 e. The number of nitrogens with zero attached hydrogens (tertiary/aromatic N) is 3. The third-order valence-electron chi connectivity index (χ3n) is 5.39. The number of benzene rings is 2. The highest BCUT2D eigenvalue weighted by Gasteiger charge is 2.34. The average molecular weight is 509 g/mol. The summed E-state index contributed by atoms with van der Waals surface area (Å²) in [5.41, 5.74) is 0.458. The molecule has 0 fully saturated rings. The summed E-state index contributed by atoms with van der Waals surface area (Å²) in [6, 6.07) is 11.5. The lowest BCUT2D eigenvalue weighted by Gasteiger charge is -2.34. The van der Waals surface area contributed by atoms with Crippen molar-refractivity contribution < 1.29 is 27.1 Å². The number of carbonyl (C=O) groups is 2. The molecule has 2 aromatic carbocycles. The van der Waals surface area contributed by atoms with Gasteiger partial charge in [-0.2, -0.15) is 12.7 Å². The summed E-state index contributed by atoms with van der Waals surface area (Å²) in [6.07, 6.45) is 0.299. The predicted octanol–water partition coefficient (Wildman–Crippen LogP) is 2.39. The van der Waals surface area contributed by atoms with Crippen LogP contribution in [0.4, 0.5) is 10.1 Å². The maximum absolute atomic E-state index is 14.6. The predicted molar refractivity (Wildman–Crippen MR) is 133 cm³/mol. The molecule has 11 heteroatoms. The molecule has 0 radical (unpaired) electrons. The van der Waals surface area contributed by atoms with E-state index < -0.39 is 34.5 Å². The molecule has 1 N–H and O–H groups in total. The van der Waals surface area contributed by atoms with Crippen molar-refractivity contribution in [3.8, 4) is 5.75 Å². The molecule has 0 aromatic heterocycles. The van der Waals surface area contributed by atoms with Gasteiger partial charge in [-0.05, 0) is 43.2 Å². The Hall–Kier alpha value is -3.18. The Labute approximate surface area is 206 Å². The molecule has 0 saturated carbocycles. The van der Waals surface area contributed by atoms with E-state index in [2.05, 4.69) is 5.32 Å². The molecule has 0 spiro atoms. The number of likely N-dealkylation sites (N-methyl/N-ethyl adjacent to an activating group) is 1. The maximum atomic E-state index is 14.6. The van der Waals surface area contributed by atoms with Crippen molar-refractivity contribution in [2.24, 2.45) is 0 Å². The number of rotatable bonds is 12. The first-order valence-electron chi connectivity index (χ1n) is 11.2. The van der Waals surface area contributed by atoms with Crippen LogP contribution in [-0.4, -0.2) is 69.8 Å². The molecular formula is C24H33FN4O5S. The number of ether oxygens (including phenoxy) is 1. The van der Waals surface area contributed by atoms with Crippen LogP contribution in [0, 0.1) is 5.82 Å². The number of anilines is 1. The third-order valence-corrected chi connectivity index (χ3v) is 7.19. The van der Waals surface area contributed by atoms with Gasteiger partial charge in [0.15, 0.2) is 0 Å². The fraction of sp³-hybridized carbons (Fsp3) is 0.417. The van der Waals surface area contributed by atoms with E-state index in [0.717, 1.165) is 20.2 Å². The van der Waals surface area contributed by atoms with Gasteiger partial charge in [-0.1, -0.05) is 31.2 Å². The van der Waals surface area contributed by atoms with Gasteiger partial charge in [-0.25, -0.2) is 8.70 Å². The fourth-order valence-electron chi connectivity index (χ4n) is 3.50. The van der Waals surface area contributed by atoms with Crippen molar-refractivity contribution in [3.63, 3.8) is 0 Å². The largest absolute Gasteiger partial charge is 0.497 e. The first-order valence-corrected chi connectivity index (χ1v) is 12.6. The summed E-state index contributed by atoms with van der Waals surface area (Å²) in [7, 11) is -0.0927. The van der Waals surface area contributed by atoms with Crippen LogP contribution in [-0.2, 0) is 26.3 Å². The van der Waals surface area contributed by atoms with Crippen molar-refractivity contribution >= 4 is 27.7 Å². The Bertz CT molecular complexity index is 1110. The molecule has 0 bridgehead atoms. The Morgan fingerprint density at radius 3 is 2.20 bits per heavy atom. The number of para-hydroxylation sites is 1. The molecule has 35 heavy (non-hydrogen) atoms. The zero-order chi connectivity index (χ0) is 26.2. The molecule has 0 aliphatic heterocycles. The Balaban J connectivity index is 2.50. The topological polar surface area (TPSA) is 99.3 Å². The van der Waals surface area contributed by atoms with Crippen LogP contribution in [0.25, 0.3) is 0 Å². The number of amides is 2. The summed E-state index contributed by atoms with van der Waals surface area (Å²) in [5.74, 6) is -1.16. The number of nitrogens with one attached hydrogen (secondary N) is 1. The second kappa shape index (κ2) is 12.5. The SMILES string of the molecule is CCNC(=O)C(CC)N(Cc1ccc(OC)cc1)C(=O)CN(c1ccccc1F)S(=O)(=O)N(C)C. The van der Waals surface area contributed by atoms with Crippen molar-refractivity contribution in [1.82, 2.24) is 14.5 Å². The molecule has 0 heterocycles. The van der Waals surface area contributed by atoms with E-state index in [4.69, 9.17) is 4.74 Å². The highest BCUT2D eigenvalue weighted by molar-refractivity contribution is 7.90. The van der Waals surface area contributed by atoms with E-state index in [1.165, 1.54) is 44.3 Å². The number of hydrogen-bond acceptors (Lipinski definition) is 5. The molecule has 0 aliphatic rings. The lowest BCUT2D eigenvalue weighted by atomic mass is 10.1. The molecule has 1 atom stereocenters. The lowest BCUT2D eigenvalue weighted by molar-refractivity contribution is -0.140. The first-order chi connectivity index (χ1) is 16.6. The minimum Gasteiger partial charge on any atom is -0.497 e. The third kappa shape index (κ3) is 6.92.